The number of unbranched alkanes of at least 4 members (excludes halogenated alkanes) is 6. The highest BCUT2D eigenvalue weighted by molar-refractivity contribution is 7.33. The Labute approximate surface area is 429 Å². The fraction of sp³-hybridized carbons (Fsp3) is 0.377. The van der Waals surface area contributed by atoms with Crippen LogP contribution in [0.1, 0.15) is 150 Å². The van der Waals surface area contributed by atoms with Crippen LogP contribution in [-0.4, -0.2) is 23.3 Å². The van der Waals surface area contributed by atoms with E-state index in [0.29, 0.717) is 28.8 Å². The van der Waals surface area contributed by atoms with Gasteiger partial charge in [0.05, 0.1) is 15.1 Å². The van der Waals surface area contributed by atoms with Gasteiger partial charge in [0.15, 0.2) is 0 Å². The molecule has 1 aliphatic rings. The minimum atomic E-state index is -0.152. The number of furan rings is 2. The third-order valence-electron chi connectivity index (χ3n) is 14.6. The van der Waals surface area contributed by atoms with Gasteiger partial charge in [-0.1, -0.05) is 172 Å². The molecule has 5 nitrogen and oxygen atoms in total. The van der Waals surface area contributed by atoms with E-state index in [4.69, 9.17) is 8.83 Å². The molecule has 0 N–H and O–H groups in total. The quantitative estimate of drug-likeness (QED) is 0.0473. The van der Waals surface area contributed by atoms with Gasteiger partial charge in [0.1, 0.15) is 27.9 Å². The van der Waals surface area contributed by atoms with Crippen molar-refractivity contribution in [2.24, 2.45) is 11.8 Å². The molecule has 1 aliphatic heterocycles. The highest BCUT2D eigenvalue weighted by atomic mass is 32.1. The van der Waals surface area contributed by atoms with Crippen LogP contribution < -0.4 is 0 Å². The molecule has 70 heavy (non-hydrogen) atoms. The number of amides is 2. The van der Waals surface area contributed by atoms with Crippen molar-refractivity contribution in [3.8, 4) is 53.3 Å². The number of imide groups is 1. The number of thiophene rings is 4. The Bertz CT molecular complexity index is 3140. The van der Waals surface area contributed by atoms with Crippen LogP contribution in [0, 0.1) is 11.8 Å². The van der Waals surface area contributed by atoms with E-state index in [2.05, 4.69) is 126 Å². The number of hydrogen-bond acceptors (Lipinski definition) is 8. The van der Waals surface area contributed by atoms with E-state index < -0.39 is 0 Å². The lowest BCUT2D eigenvalue weighted by molar-refractivity contribution is 0.0653. The van der Waals surface area contributed by atoms with E-state index in [9.17, 15) is 9.59 Å². The number of rotatable bonds is 23. The molecule has 0 spiro atoms. The predicted molar refractivity (Wildman–Crippen MR) is 300 cm³/mol. The second-order valence-electron chi connectivity index (χ2n) is 19.4. The fourth-order valence-electron chi connectivity index (χ4n) is 10.6. The minimum absolute atomic E-state index is 0.149. The van der Waals surface area contributed by atoms with Crippen molar-refractivity contribution >= 4 is 87.4 Å². The average molecular weight is 1000 g/mol. The Morgan fingerprint density at radius 3 is 1.60 bits per heavy atom. The Morgan fingerprint density at radius 2 is 1.03 bits per heavy atom. The lowest BCUT2D eigenvalue weighted by Gasteiger charge is -2.13. The van der Waals surface area contributed by atoms with Crippen LogP contribution in [-0.2, 0) is 12.8 Å². The normalized spacial score (nSPS) is 13.8. The molecular weight excluding hydrogens is 939 g/mol. The topological polar surface area (TPSA) is 63.7 Å². The number of benzene rings is 3. The van der Waals surface area contributed by atoms with Crippen molar-refractivity contribution in [1.29, 1.82) is 0 Å². The summed E-state index contributed by atoms with van der Waals surface area (Å²) in [6, 6.07) is 34.7. The Balaban J connectivity index is 1.18. The number of fused-ring (bicyclic) bond motifs is 5. The maximum atomic E-state index is 14.5. The summed E-state index contributed by atoms with van der Waals surface area (Å²) < 4.78 is 17.4. The van der Waals surface area contributed by atoms with Gasteiger partial charge in [0.2, 0.25) is 0 Å². The molecule has 3 aromatic carbocycles. The van der Waals surface area contributed by atoms with Crippen molar-refractivity contribution in [2.75, 3.05) is 6.54 Å². The largest absolute Gasteiger partial charge is 0.461 e. The summed E-state index contributed by atoms with van der Waals surface area (Å²) in [4.78, 5) is 35.3. The summed E-state index contributed by atoms with van der Waals surface area (Å²) in [7, 11) is 0. The van der Waals surface area contributed by atoms with E-state index >= 15 is 0 Å². The summed E-state index contributed by atoms with van der Waals surface area (Å²) in [5.74, 6) is 4.69. The first-order valence-corrected chi connectivity index (χ1v) is 29.4. The van der Waals surface area contributed by atoms with Crippen molar-refractivity contribution in [3.63, 3.8) is 0 Å². The maximum absolute atomic E-state index is 14.5. The second kappa shape index (κ2) is 21.7. The molecule has 0 saturated heterocycles. The predicted octanol–water partition coefficient (Wildman–Crippen LogP) is 20.0. The smallest absolute Gasteiger partial charge is 0.271 e. The van der Waals surface area contributed by atoms with Gasteiger partial charge >= 0.3 is 0 Å². The molecule has 0 saturated carbocycles. The first kappa shape index (κ1) is 48.6. The zero-order valence-electron chi connectivity index (χ0n) is 41.4. The average Bonchev–Trinajstić information content (AvgIpc) is 4.27. The molecule has 6 aromatic heterocycles. The first-order chi connectivity index (χ1) is 34.3. The molecule has 0 fully saturated rings. The maximum Gasteiger partial charge on any atom is 0.271 e. The zero-order chi connectivity index (χ0) is 48.3. The number of hydrogen-bond donors (Lipinski definition) is 0. The van der Waals surface area contributed by atoms with Gasteiger partial charge in [-0.3, -0.25) is 14.5 Å². The van der Waals surface area contributed by atoms with Gasteiger partial charge in [-0.2, -0.15) is 0 Å². The number of carbonyl (C=O) groups excluding carboxylic acids is 2. The third kappa shape index (κ3) is 9.44. The zero-order valence-corrected chi connectivity index (χ0v) is 44.7. The standard InChI is InChI=1S/C61H65NO4S4/c1-6-11-14-15-22-33-62-60(63)53-52-54(41-27-20-17-21-28-41)69-57(58(52)70-59(53)61(62)64)49-37-45-51(47-32-30-43(66-47)35-39(10-5)24-13-8-3)55-44(36-48(67-55)40-25-18-16-19-26-40)50(56(45)68-49)46-31-29-42(65-46)34-38(9-4)23-12-7-2/h16-21,25-32,36-39H,6-15,22-24,33-35H2,1-5H3. The summed E-state index contributed by atoms with van der Waals surface area (Å²) >= 11 is 6.87. The summed E-state index contributed by atoms with van der Waals surface area (Å²) in [6.07, 6.45) is 16.6. The van der Waals surface area contributed by atoms with Crippen LogP contribution in [0.15, 0.2) is 106 Å². The highest BCUT2D eigenvalue weighted by Gasteiger charge is 2.41. The van der Waals surface area contributed by atoms with Gasteiger partial charge in [0.25, 0.3) is 11.8 Å². The molecule has 0 bridgehead atoms. The SMILES string of the molecule is CCCCCCCN1C(=O)c2sc3c(-c4cc5c(-c6ccc(CC(CC)CCCC)o6)c6sc(-c7ccccc7)cc6c(-c6ccc(CC(CC)CCCC)o6)c5s4)sc(-c4ccccc4)c3c2C1=O. The third-order valence-corrected chi connectivity index (χ3v) is 19.7. The molecule has 2 atom stereocenters. The van der Waals surface area contributed by atoms with Crippen molar-refractivity contribution in [2.45, 2.75) is 131 Å². The molecule has 7 heterocycles. The lowest BCUT2D eigenvalue weighted by atomic mass is 9.95. The fourth-order valence-corrected chi connectivity index (χ4v) is 15.9. The Kier molecular flexibility index (Phi) is 15.1. The van der Waals surface area contributed by atoms with Crippen LogP contribution in [0.3, 0.4) is 0 Å². The highest BCUT2D eigenvalue weighted by Crippen LogP contribution is 2.57. The van der Waals surface area contributed by atoms with Crippen LogP contribution >= 0.6 is 45.3 Å². The first-order valence-electron chi connectivity index (χ1n) is 26.1. The number of nitrogens with zero attached hydrogens (tertiary/aromatic N) is 1. The summed E-state index contributed by atoms with van der Waals surface area (Å²) in [5.41, 5.74) is 5.04. The second-order valence-corrected chi connectivity index (χ2v) is 23.6. The molecule has 9 heteroatoms. The van der Waals surface area contributed by atoms with E-state index in [1.54, 1.807) is 22.7 Å². The molecule has 0 radical (unpaired) electrons. The van der Waals surface area contributed by atoms with Crippen LogP contribution in [0.25, 0.3) is 83.5 Å². The molecular formula is C61H65NO4S4. The minimum Gasteiger partial charge on any atom is -0.461 e. The molecule has 362 valence electrons. The van der Waals surface area contributed by atoms with Gasteiger partial charge in [0, 0.05) is 70.7 Å². The van der Waals surface area contributed by atoms with E-state index in [-0.39, 0.29) is 11.8 Å². The van der Waals surface area contributed by atoms with Crippen LogP contribution in [0.2, 0.25) is 0 Å². The molecule has 2 amide bonds. The summed E-state index contributed by atoms with van der Waals surface area (Å²) in [6.45, 7) is 11.8. The molecule has 10 rings (SSSR count). The molecule has 0 aliphatic carbocycles. The number of carbonyl (C=O) groups is 2. The van der Waals surface area contributed by atoms with Crippen molar-refractivity contribution in [1.82, 2.24) is 4.90 Å². The van der Waals surface area contributed by atoms with E-state index in [1.165, 1.54) is 76.3 Å². The van der Waals surface area contributed by atoms with Crippen LogP contribution in [0.5, 0.6) is 0 Å². The van der Waals surface area contributed by atoms with Gasteiger partial charge < -0.3 is 8.83 Å². The molecule has 9 aromatic rings. The van der Waals surface area contributed by atoms with Crippen molar-refractivity contribution in [3.05, 3.63) is 119 Å². The monoisotopic (exact) mass is 1000 g/mol. The van der Waals surface area contributed by atoms with Crippen LogP contribution in [0.4, 0.5) is 0 Å². The van der Waals surface area contributed by atoms with Gasteiger partial charge in [-0.25, -0.2) is 0 Å². The van der Waals surface area contributed by atoms with E-state index in [1.807, 2.05) is 17.4 Å². The Hall–Kier alpha value is -5.06. The van der Waals surface area contributed by atoms with Gasteiger partial charge in [-0.05, 0) is 65.8 Å². The van der Waals surface area contributed by atoms with Crippen molar-refractivity contribution < 1.29 is 18.4 Å². The Morgan fingerprint density at radius 1 is 0.486 bits per heavy atom. The summed E-state index contributed by atoms with van der Waals surface area (Å²) in [5, 5.41) is 3.20. The lowest BCUT2D eigenvalue weighted by Crippen LogP contribution is -2.30. The molecule has 2 unspecified atom stereocenters. The van der Waals surface area contributed by atoms with E-state index in [0.717, 1.165) is 131 Å². The van der Waals surface area contributed by atoms with Gasteiger partial charge in [-0.15, -0.1) is 45.3 Å².